The van der Waals surface area contributed by atoms with Crippen LogP contribution in [0.15, 0.2) is 194 Å². The van der Waals surface area contributed by atoms with Gasteiger partial charge in [-0.15, -0.1) is 0 Å². The van der Waals surface area contributed by atoms with E-state index in [1.54, 1.807) is 0 Å². The number of hydrogen-bond acceptors (Lipinski definition) is 1. The van der Waals surface area contributed by atoms with Gasteiger partial charge in [0, 0.05) is 16.8 Å². The van der Waals surface area contributed by atoms with Crippen LogP contribution in [-0.4, -0.2) is 0 Å². The average Bonchev–Trinajstić information content (AvgIpc) is 3.89. The number of anilines is 3. The predicted molar refractivity (Wildman–Crippen MR) is 310 cm³/mol. The fraction of sp³-hybridized carbons (Fsp3) is 0.143. The summed E-state index contributed by atoms with van der Waals surface area (Å²) < 4.78 is 0. The molecule has 0 bridgehead atoms. The second-order valence-electron chi connectivity index (χ2n) is 22.0. The fourth-order valence-electron chi connectivity index (χ4n) is 12.6. The lowest BCUT2D eigenvalue weighted by Crippen LogP contribution is -2.11. The van der Waals surface area contributed by atoms with E-state index in [0.717, 1.165) is 11.4 Å². The van der Waals surface area contributed by atoms with Gasteiger partial charge < -0.3 is 4.90 Å². The molecule has 0 atom stereocenters. The minimum atomic E-state index is 0.0283. The molecule has 340 valence electrons. The first kappa shape index (κ1) is 41.9. The van der Waals surface area contributed by atoms with Crippen molar-refractivity contribution in [3.8, 4) is 22.3 Å². The molecule has 0 aliphatic heterocycles. The molecule has 0 spiro atoms. The number of fused-ring (bicyclic) bond motifs is 7. The van der Waals surface area contributed by atoms with Gasteiger partial charge in [-0.25, -0.2) is 0 Å². The molecule has 0 unspecified atom stereocenters. The molecular weight excluding hydrogens is 855 g/mol. The van der Waals surface area contributed by atoms with Crippen molar-refractivity contribution >= 4 is 114 Å². The second kappa shape index (κ2) is 15.2. The molecule has 0 aromatic heterocycles. The normalized spacial score (nSPS) is 12.7. The van der Waals surface area contributed by atoms with Crippen molar-refractivity contribution in [1.82, 2.24) is 0 Å². The van der Waals surface area contributed by atoms with Crippen LogP contribution in [0.1, 0.15) is 77.0 Å². The summed E-state index contributed by atoms with van der Waals surface area (Å²) in [5.41, 5.74) is 12.6. The van der Waals surface area contributed by atoms with Gasteiger partial charge in [-0.3, -0.25) is 0 Å². The molecule has 1 nitrogen and oxygen atoms in total. The predicted octanol–water partition coefficient (Wildman–Crippen LogP) is 20.7. The summed E-state index contributed by atoms with van der Waals surface area (Å²) >= 11 is 0. The summed E-state index contributed by atoms with van der Waals surface area (Å²) in [4.78, 5) is 2.48. The first-order chi connectivity index (χ1) is 34.5. The molecule has 0 saturated carbocycles. The molecule has 0 amide bonds. The summed E-state index contributed by atoms with van der Waals surface area (Å²) in [6.45, 7) is 16.1. The third-order valence-corrected chi connectivity index (χ3v) is 16.1. The van der Waals surface area contributed by atoms with Crippen LogP contribution in [-0.2, 0) is 5.41 Å². The van der Waals surface area contributed by atoms with Gasteiger partial charge in [0.1, 0.15) is 0 Å². The van der Waals surface area contributed by atoms with E-state index in [9.17, 15) is 0 Å². The first-order valence-corrected chi connectivity index (χ1v) is 25.6. The molecule has 0 aliphatic carbocycles. The molecule has 1 heteroatoms. The Morgan fingerprint density at radius 2 is 0.831 bits per heavy atom. The van der Waals surface area contributed by atoms with E-state index in [1.165, 1.54) is 142 Å². The van der Waals surface area contributed by atoms with Gasteiger partial charge in [0.15, 0.2) is 0 Å². The van der Waals surface area contributed by atoms with Gasteiger partial charge in [-0.05, 0) is 196 Å². The maximum atomic E-state index is 2.58. The number of benzene rings is 12. The van der Waals surface area contributed by atoms with Crippen LogP contribution < -0.4 is 4.90 Å². The van der Waals surface area contributed by atoms with Gasteiger partial charge >= 0.3 is 0 Å². The third-order valence-electron chi connectivity index (χ3n) is 16.1. The number of rotatable bonds is 7. The lowest BCUT2D eigenvalue weighted by atomic mass is 9.83. The minimum Gasteiger partial charge on any atom is -0.310 e. The van der Waals surface area contributed by atoms with E-state index in [-0.39, 0.29) is 5.41 Å². The maximum absolute atomic E-state index is 2.58. The molecule has 0 fully saturated rings. The van der Waals surface area contributed by atoms with Crippen molar-refractivity contribution in [2.75, 3.05) is 4.90 Å². The Bertz CT molecular complexity index is 4330. The molecule has 0 N–H and O–H groups in total. The van der Waals surface area contributed by atoms with Crippen LogP contribution in [0.5, 0.6) is 0 Å². The van der Waals surface area contributed by atoms with Crippen LogP contribution in [0.2, 0.25) is 0 Å². The van der Waals surface area contributed by atoms with Gasteiger partial charge in [0.2, 0.25) is 0 Å². The molecule has 0 saturated heterocycles. The van der Waals surface area contributed by atoms with Gasteiger partial charge in [0.25, 0.3) is 0 Å². The Morgan fingerprint density at radius 1 is 0.324 bits per heavy atom. The zero-order valence-electron chi connectivity index (χ0n) is 41.6. The smallest absolute Gasteiger partial charge is 0.0540 e. The van der Waals surface area contributed by atoms with Crippen LogP contribution in [0.25, 0.3) is 119 Å². The fourth-order valence-corrected chi connectivity index (χ4v) is 12.6. The maximum Gasteiger partial charge on any atom is 0.0540 e. The van der Waals surface area contributed by atoms with Gasteiger partial charge in [0.05, 0.1) is 5.69 Å². The molecule has 14 aromatic rings. The SMILES string of the molecule is CC(C)c1ccc(N(c2ccc(C(C)C)cc2)c2ccc3c4c(-c5ccccc5)c5cc6c(cc5c(-c5ccccc5)c4c4cccc2c34)c2cc3cc(C(C)(C)C)cc4ccc5ccc6c2c5c43)cc1. The zero-order chi connectivity index (χ0) is 48.0. The summed E-state index contributed by atoms with van der Waals surface area (Å²) in [7, 11) is 0. The molecule has 71 heavy (non-hydrogen) atoms. The van der Waals surface area contributed by atoms with Crippen LogP contribution >= 0.6 is 0 Å². The van der Waals surface area contributed by atoms with E-state index in [4.69, 9.17) is 0 Å². The highest BCUT2D eigenvalue weighted by atomic mass is 15.1. The van der Waals surface area contributed by atoms with Gasteiger partial charge in [-0.2, -0.15) is 0 Å². The van der Waals surface area contributed by atoms with Crippen LogP contribution in [0.3, 0.4) is 0 Å². The molecule has 0 heterocycles. The number of nitrogens with zero attached hydrogens (tertiary/aromatic N) is 1. The largest absolute Gasteiger partial charge is 0.310 e. The second-order valence-corrected chi connectivity index (χ2v) is 22.0. The standard InChI is InChI=1S/C70H55N/c1-40(2)42-23-28-50(29-24-42)71(51-30-25-43(26-31-51)41(3)4)61-34-33-55-66-53(61)19-14-20-54(66)68-63(44-15-10-8-11-16-44)60-39-57-56(38-59(60)64(69(55)68)45-17-12-9-13-18-45)52-32-27-46-21-22-47-35-49(70(5,6)7)36-48-37-58(57)67(52)65(46)62(47)48/h8-41H,1-7H3. The van der Waals surface area contributed by atoms with E-state index >= 15 is 0 Å². The zero-order valence-corrected chi connectivity index (χ0v) is 41.6. The van der Waals surface area contributed by atoms with Crippen molar-refractivity contribution in [3.63, 3.8) is 0 Å². The summed E-state index contributed by atoms with van der Waals surface area (Å²) in [5, 5.41) is 23.7. The van der Waals surface area contributed by atoms with Crippen molar-refractivity contribution < 1.29 is 0 Å². The van der Waals surface area contributed by atoms with E-state index in [0.29, 0.717) is 11.8 Å². The Kier molecular flexibility index (Phi) is 9.00. The van der Waals surface area contributed by atoms with E-state index in [1.807, 2.05) is 0 Å². The summed E-state index contributed by atoms with van der Waals surface area (Å²) in [6, 6.07) is 74.8. The van der Waals surface area contributed by atoms with Crippen molar-refractivity contribution in [2.24, 2.45) is 0 Å². The van der Waals surface area contributed by atoms with Crippen molar-refractivity contribution in [1.29, 1.82) is 0 Å². The topological polar surface area (TPSA) is 3.24 Å². The molecule has 0 aliphatic rings. The van der Waals surface area contributed by atoms with Gasteiger partial charge in [-0.1, -0.05) is 194 Å². The lowest BCUT2D eigenvalue weighted by Gasteiger charge is -2.28. The third kappa shape index (κ3) is 6.12. The monoisotopic (exact) mass is 909 g/mol. The van der Waals surface area contributed by atoms with Crippen LogP contribution in [0, 0.1) is 0 Å². The molecule has 14 rings (SSSR count). The quantitative estimate of drug-likeness (QED) is 0.144. The average molecular weight is 910 g/mol. The summed E-state index contributed by atoms with van der Waals surface area (Å²) in [6.07, 6.45) is 0. The van der Waals surface area contributed by atoms with Crippen LogP contribution in [0.4, 0.5) is 17.1 Å². The molecule has 0 radical (unpaired) electrons. The number of hydrogen-bond donors (Lipinski definition) is 0. The van der Waals surface area contributed by atoms with Crippen molar-refractivity contribution in [2.45, 2.75) is 65.7 Å². The Hall–Kier alpha value is -8.00. The van der Waals surface area contributed by atoms with Crippen molar-refractivity contribution in [3.05, 3.63) is 211 Å². The summed E-state index contributed by atoms with van der Waals surface area (Å²) in [5.74, 6) is 0.900. The first-order valence-electron chi connectivity index (χ1n) is 25.6. The minimum absolute atomic E-state index is 0.0283. The Balaban J connectivity index is 1.14. The highest BCUT2D eigenvalue weighted by Crippen LogP contribution is 2.55. The van der Waals surface area contributed by atoms with E-state index < -0.39 is 0 Å². The Morgan fingerprint density at radius 3 is 1.41 bits per heavy atom. The Labute approximate surface area is 415 Å². The van der Waals surface area contributed by atoms with E-state index in [2.05, 4.69) is 247 Å². The molecule has 14 aromatic carbocycles. The molecular formula is C70H55N. The highest BCUT2D eigenvalue weighted by Gasteiger charge is 2.28. The highest BCUT2D eigenvalue weighted by molar-refractivity contribution is 6.44. The lowest BCUT2D eigenvalue weighted by molar-refractivity contribution is 0.591.